The van der Waals surface area contributed by atoms with Gasteiger partial charge in [0.2, 0.25) is 0 Å². The Morgan fingerprint density at radius 1 is 1.35 bits per heavy atom. The highest BCUT2D eigenvalue weighted by atomic mass is 35.5. The van der Waals surface area contributed by atoms with Crippen molar-refractivity contribution in [3.05, 3.63) is 34.3 Å². The summed E-state index contributed by atoms with van der Waals surface area (Å²) in [5.41, 5.74) is 1.33. The van der Waals surface area contributed by atoms with Gasteiger partial charge < -0.3 is 10.0 Å². The molecule has 94 valence electrons. The summed E-state index contributed by atoms with van der Waals surface area (Å²) in [6.45, 7) is 7.12. The van der Waals surface area contributed by atoms with Gasteiger partial charge in [0.15, 0.2) is 0 Å². The molecule has 1 aliphatic rings. The lowest BCUT2D eigenvalue weighted by Gasteiger charge is -2.38. The molecule has 1 aromatic rings. The normalized spacial score (nSPS) is 20.5. The van der Waals surface area contributed by atoms with Gasteiger partial charge in [-0.1, -0.05) is 30.7 Å². The molecule has 2 rings (SSSR count). The maximum atomic E-state index is 10.7. The number of halogens is 1. The molecule has 0 radical (unpaired) electrons. The number of aliphatic hydroxyl groups is 1. The molecule has 0 saturated carbocycles. The highest BCUT2D eigenvalue weighted by Crippen LogP contribution is 2.34. The van der Waals surface area contributed by atoms with Crippen LogP contribution in [-0.2, 0) is 5.60 Å². The Morgan fingerprint density at radius 3 is 2.53 bits per heavy atom. The van der Waals surface area contributed by atoms with Gasteiger partial charge in [0.1, 0.15) is 0 Å². The lowest BCUT2D eigenvalue weighted by atomic mass is 9.84. The van der Waals surface area contributed by atoms with Gasteiger partial charge >= 0.3 is 0 Å². The van der Waals surface area contributed by atoms with Crippen LogP contribution in [0.4, 0.5) is 0 Å². The van der Waals surface area contributed by atoms with Gasteiger partial charge in [-0.3, -0.25) is 0 Å². The molecule has 1 heterocycles. The molecule has 3 heteroatoms. The topological polar surface area (TPSA) is 23.5 Å². The molecule has 1 saturated heterocycles. The van der Waals surface area contributed by atoms with Gasteiger partial charge in [-0.15, -0.1) is 0 Å². The van der Waals surface area contributed by atoms with Crippen molar-refractivity contribution in [2.24, 2.45) is 0 Å². The monoisotopic (exact) mass is 253 g/mol. The minimum atomic E-state index is -0.691. The maximum absolute atomic E-state index is 10.7. The number of piperidine rings is 1. The van der Waals surface area contributed by atoms with Crippen molar-refractivity contribution in [3.63, 3.8) is 0 Å². The molecule has 2 nitrogen and oxygen atoms in total. The second-order valence-corrected chi connectivity index (χ2v) is 5.34. The van der Waals surface area contributed by atoms with Crippen LogP contribution in [0.25, 0.3) is 0 Å². The summed E-state index contributed by atoms with van der Waals surface area (Å²) < 4.78 is 0. The van der Waals surface area contributed by atoms with E-state index in [0.29, 0.717) is 0 Å². The van der Waals surface area contributed by atoms with Crippen LogP contribution in [0.3, 0.4) is 0 Å². The van der Waals surface area contributed by atoms with Gasteiger partial charge in [0.05, 0.1) is 5.60 Å². The average molecular weight is 254 g/mol. The highest BCUT2D eigenvalue weighted by molar-refractivity contribution is 6.31. The fourth-order valence-corrected chi connectivity index (χ4v) is 2.59. The molecule has 0 spiro atoms. The Labute approximate surface area is 108 Å². The fourth-order valence-electron chi connectivity index (χ4n) is 2.41. The minimum absolute atomic E-state index is 0.691. The van der Waals surface area contributed by atoms with Crippen molar-refractivity contribution >= 4 is 11.6 Å². The van der Waals surface area contributed by atoms with E-state index >= 15 is 0 Å². The van der Waals surface area contributed by atoms with Gasteiger partial charge in [-0.05, 0) is 43.5 Å². The molecular weight excluding hydrogens is 234 g/mol. The van der Waals surface area contributed by atoms with Crippen molar-refractivity contribution in [2.45, 2.75) is 32.3 Å². The summed E-state index contributed by atoms with van der Waals surface area (Å²) in [4.78, 5) is 2.37. The highest BCUT2D eigenvalue weighted by Gasteiger charge is 2.33. The van der Waals surface area contributed by atoms with Gasteiger partial charge in [-0.2, -0.15) is 0 Å². The molecule has 0 aliphatic carbocycles. The molecule has 0 amide bonds. The van der Waals surface area contributed by atoms with E-state index in [0.717, 1.165) is 48.6 Å². The molecule has 1 fully saturated rings. The third kappa shape index (κ3) is 2.65. The number of aryl methyl sites for hydroxylation is 1. The van der Waals surface area contributed by atoms with E-state index in [2.05, 4.69) is 11.8 Å². The average Bonchev–Trinajstić information content (AvgIpc) is 2.33. The summed E-state index contributed by atoms with van der Waals surface area (Å²) in [6, 6.07) is 5.91. The predicted molar refractivity (Wildman–Crippen MR) is 71.4 cm³/mol. The first-order valence-corrected chi connectivity index (χ1v) is 6.64. The van der Waals surface area contributed by atoms with Crippen LogP contribution in [-0.4, -0.2) is 29.6 Å². The van der Waals surface area contributed by atoms with Crippen molar-refractivity contribution in [1.29, 1.82) is 0 Å². The second kappa shape index (κ2) is 4.97. The second-order valence-electron chi connectivity index (χ2n) is 4.93. The first-order valence-electron chi connectivity index (χ1n) is 6.26. The van der Waals surface area contributed by atoms with Gasteiger partial charge in [-0.25, -0.2) is 0 Å². The number of hydrogen-bond donors (Lipinski definition) is 1. The van der Waals surface area contributed by atoms with E-state index in [1.54, 1.807) is 0 Å². The van der Waals surface area contributed by atoms with Crippen molar-refractivity contribution in [1.82, 2.24) is 4.90 Å². The fraction of sp³-hybridized carbons (Fsp3) is 0.571. The molecule has 0 aromatic heterocycles. The standard InChI is InChI=1S/C14H20ClNO/c1-3-16-8-6-14(17,7-9-16)12-5-4-11(2)13(15)10-12/h4-5,10,17H,3,6-9H2,1-2H3. The van der Waals surface area contributed by atoms with E-state index in [9.17, 15) is 5.11 Å². The Bertz CT molecular complexity index is 397. The van der Waals surface area contributed by atoms with Crippen LogP contribution < -0.4 is 0 Å². The molecule has 0 unspecified atom stereocenters. The zero-order valence-electron chi connectivity index (χ0n) is 10.5. The number of benzene rings is 1. The van der Waals surface area contributed by atoms with Crippen LogP contribution >= 0.6 is 11.6 Å². The van der Waals surface area contributed by atoms with E-state index in [4.69, 9.17) is 11.6 Å². The first kappa shape index (κ1) is 12.9. The lowest BCUT2D eigenvalue weighted by molar-refractivity contribution is -0.0247. The third-order valence-corrected chi connectivity index (χ3v) is 4.25. The molecule has 1 aromatic carbocycles. The SMILES string of the molecule is CCN1CCC(O)(c2ccc(C)c(Cl)c2)CC1. The van der Waals surface area contributed by atoms with Crippen LogP contribution in [0, 0.1) is 6.92 Å². The Hall–Kier alpha value is -0.570. The number of nitrogens with zero attached hydrogens (tertiary/aromatic N) is 1. The number of likely N-dealkylation sites (tertiary alicyclic amines) is 1. The Morgan fingerprint density at radius 2 is 2.00 bits per heavy atom. The molecule has 17 heavy (non-hydrogen) atoms. The molecular formula is C14H20ClNO. The Kier molecular flexibility index (Phi) is 3.76. The van der Waals surface area contributed by atoms with E-state index in [-0.39, 0.29) is 0 Å². The lowest BCUT2D eigenvalue weighted by Crippen LogP contribution is -2.42. The van der Waals surface area contributed by atoms with E-state index in [1.165, 1.54) is 0 Å². The molecule has 0 bridgehead atoms. The summed E-state index contributed by atoms with van der Waals surface area (Å²) in [5.74, 6) is 0. The molecule has 0 atom stereocenters. The summed E-state index contributed by atoms with van der Waals surface area (Å²) in [5, 5.41) is 11.4. The minimum Gasteiger partial charge on any atom is -0.385 e. The zero-order valence-corrected chi connectivity index (χ0v) is 11.3. The summed E-state index contributed by atoms with van der Waals surface area (Å²) >= 11 is 6.13. The van der Waals surface area contributed by atoms with Crippen LogP contribution in [0.5, 0.6) is 0 Å². The van der Waals surface area contributed by atoms with Crippen molar-refractivity contribution in [3.8, 4) is 0 Å². The molecule has 1 N–H and O–H groups in total. The zero-order chi connectivity index (χ0) is 12.5. The number of rotatable bonds is 2. The van der Waals surface area contributed by atoms with Crippen molar-refractivity contribution < 1.29 is 5.11 Å². The summed E-state index contributed by atoms with van der Waals surface area (Å²) in [6.07, 6.45) is 1.58. The predicted octanol–water partition coefficient (Wildman–Crippen LogP) is 2.95. The van der Waals surface area contributed by atoms with E-state index < -0.39 is 5.60 Å². The maximum Gasteiger partial charge on any atom is 0.0921 e. The molecule has 1 aliphatic heterocycles. The Balaban J connectivity index is 2.18. The smallest absolute Gasteiger partial charge is 0.0921 e. The van der Waals surface area contributed by atoms with Crippen LogP contribution in [0.2, 0.25) is 5.02 Å². The van der Waals surface area contributed by atoms with E-state index in [1.807, 2.05) is 25.1 Å². The van der Waals surface area contributed by atoms with Crippen molar-refractivity contribution in [2.75, 3.05) is 19.6 Å². The largest absolute Gasteiger partial charge is 0.385 e. The van der Waals surface area contributed by atoms with Crippen LogP contribution in [0.15, 0.2) is 18.2 Å². The van der Waals surface area contributed by atoms with Gasteiger partial charge in [0, 0.05) is 18.1 Å². The first-order chi connectivity index (χ1) is 8.05. The van der Waals surface area contributed by atoms with Crippen LogP contribution in [0.1, 0.15) is 30.9 Å². The quantitative estimate of drug-likeness (QED) is 0.876. The third-order valence-electron chi connectivity index (χ3n) is 3.84. The summed E-state index contributed by atoms with van der Waals surface area (Å²) in [7, 11) is 0. The van der Waals surface area contributed by atoms with Gasteiger partial charge in [0.25, 0.3) is 0 Å². The number of hydrogen-bond acceptors (Lipinski definition) is 2.